The maximum Gasteiger partial charge on any atom is 0.339 e. The molecule has 0 N–H and O–H groups in total. The smallest absolute Gasteiger partial charge is 0.339 e. The Bertz CT molecular complexity index is 1190. The molecular weight excluding hydrogens is 451 g/mol. The first-order valence-electron chi connectivity index (χ1n) is 11.3. The average Bonchev–Trinajstić information content (AvgIpc) is 2.89. The fraction of sp³-hybridized carbons (Fsp3) is 0.231. The zero-order chi connectivity index (χ0) is 24.6. The van der Waals surface area contributed by atoms with Crippen LogP contribution in [0.5, 0.6) is 11.5 Å². The van der Waals surface area contributed by atoms with Crippen LogP contribution in [0.3, 0.4) is 0 Å². The Morgan fingerprint density at radius 3 is 2.57 bits per heavy atom. The van der Waals surface area contributed by atoms with Crippen molar-refractivity contribution in [1.82, 2.24) is 14.9 Å². The van der Waals surface area contributed by atoms with E-state index in [9.17, 15) is 14.0 Å². The number of nitrogens with zero attached hydrogens (tertiary/aromatic N) is 4. The number of anilines is 1. The van der Waals surface area contributed by atoms with Crippen molar-refractivity contribution in [1.29, 1.82) is 0 Å². The van der Waals surface area contributed by atoms with Gasteiger partial charge in [0.15, 0.2) is 11.6 Å². The molecule has 1 fully saturated rings. The van der Waals surface area contributed by atoms with E-state index < -0.39 is 11.8 Å². The highest BCUT2D eigenvalue weighted by atomic mass is 19.1. The van der Waals surface area contributed by atoms with Gasteiger partial charge in [-0.25, -0.2) is 14.2 Å². The Kier molecular flexibility index (Phi) is 7.67. The van der Waals surface area contributed by atoms with Gasteiger partial charge in [0.25, 0.3) is 0 Å². The zero-order valence-electron chi connectivity index (χ0n) is 19.3. The third-order valence-electron chi connectivity index (χ3n) is 5.41. The van der Waals surface area contributed by atoms with E-state index in [1.807, 2.05) is 0 Å². The summed E-state index contributed by atoms with van der Waals surface area (Å²) in [4.78, 5) is 36.5. The highest BCUT2D eigenvalue weighted by Crippen LogP contribution is 2.25. The van der Waals surface area contributed by atoms with E-state index in [0.717, 1.165) is 5.82 Å². The monoisotopic (exact) mass is 476 g/mol. The molecule has 3 aromatic rings. The number of aromatic nitrogens is 2. The van der Waals surface area contributed by atoms with E-state index in [1.54, 1.807) is 54.4 Å². The van der Waals surface area contributed by atoms with E-state index in [4.69, 9.17) is 9.47 Å². The van der Waals surface area contributed by atoms with Gasteiger partial charge in [0.1, 0.15) is 11.6 Å². The normalized spacial score (nSPS) is 13.7. The van der Waals surface area contributed by atoms with Crippen molar-refractivity contribution >= 4 is 23.8 Å². The lowest BCUT2D eigenvalue weighted by molar-refractivity contribution is -0.126. The van der Waals surface area contributed by atoms with Crippen LogP contribution in [-0.4, -0.2) is 59.5 Å². The molecule has 8 nitrogen and oxygen atoms in total. The summed E-state index contributed by atoms with van der Waals surface area (Å²) < 4.78 is 24.9. The number of pyridine rings is 2. The fourth-order valence-electron chi connectivity index (χ4n) is 3.58. The zero-order valence-corrected chi connectivity index (χ0v) is 19.3. The number of rotatable bonds is 7. The van der Waals surface area contributed by atoms with E-state index in [1.165, 1.54) is 30.6 Å². The Morgan fingerprint density at radius 1 is 1.09 bits per heavy atom. The second kappa shape index (κ2) is 11.2. The molecule has 1 aliphatic rings. The van der Waals surface area contributed by atoms with Crippen molar-refractivity contribution in [2.75, 3.05) is 37.7 Å². The van der Waals surface area contributed by atoms with Crippen LogP contribution in [0.2, 0.25) is 0 Å². The van der Waals surface area contributed by atoms with E-state index in [-0.39, 0.29) is 11.7 Å². The second-order valence-corrected chi connectivity index (χ2v) is 7.75. The van der Waals surface area contributed by atoms with Gasteiger partial charge in [-0.3, -0.25) is 9.78 Å². The number of benzene rings is 1. The first-order valence-corrected chi connectivity index (χ1v) is 11.3. The number of hydrogen-bond donors (Lipinski definition) is 0. The fourth-order valence-corrected chi connectivity index (χ4v) is 3.58. The number of carbonyl (C=O) groups is 2. The van der Waals surface area contributed by atoms with Crippen molar-refractivity contribution in [3.8, 4) is 11.5 Å². The molecule has 1 saturated heterocycles. The molecule has 0 unspecified atom stereocenters. The molecule has 0 spiro atoms. The minimum atomic E-state index is -0.529. The molecule has 9 heteroatoms. The van der Waals surface area contributed by atoms with E-state index >= 15 is 0 Å². The number of piperazine rings is 1. The molecule has 0 aliphatic carbocycles. The standard InChI is InChI=1S/C26H25FN4O4/c1-2-34-26(33)20-7-9-24(29-17-20)30-12-14-31(15-13-30)25(32)10-6-19-5-8-23(22(27)16-19)35-21-4-3-11-28-18-21/h3-11,16-18H,2,12-15H2,1H3/b10-6+. The molecule has 0 saturated carbocycles. The molecule has 0 radical (unpaired) electrons. The van der Waals surface area contributed by atoms with Crippen LogP contribution in [0.4, 0.5) is 10.2 Å². The summed E-state index contributed by atoms with van der Waals surface area (Å²) in [5.74, 6) is 0.189. The minimum Gasteiger partial charge on any atom is -0.462 e. The summed E-state index contributed by atoms with van der Waals surface area (Å²) in [6, 6.07) is 11.4. The van der Waals surface area contributed by atoms with Gasteiger partial charge in [-0.05, 0) is 55.0 Å². The lowest BCUT2D eigenvalue weighted by Crippen LogP contribution is -2.48. The van der Waals surface area contributed by atoms with Gasteiger partial charge in [-0.2, -0.15) is 0 Å². The molecule has 2 aromatic heterocycles. The summed E-state index contributed by atoms with van der Waals surface area (Å²) in [5.41, 5.74) is 0.960. The number of ether oxygens (including phenoxy) is 2. The molecule has 4 rings (SSSR count). The number of hydrogen-bond acceptors (Lipinski definition) is 7. The van der Waals surface area contributed by atoms with E-state index in [0.29, 0.717) is 49.7 Å². The van der Waals surface area contributed by atoms with Crippen LogP contribution < -0.4 is 9.64 Å². The van der Waals surface area contributed by atoms with Crippen LogP contribution in [0.15, 0.2) is 67.1 Å². The van der Waals surface area contributed by atoms with Crippen LogP contribution in [-0.2, 0) is 9.53 Å². The van der Waals surface area contributed by atoms with Crippen molar-refractivity contribution in [2.24, 2.45) is 0 Å². The minimum absolute atomic E-state index is 0.0847. The Morgan fingerprint density at radius 2 is 1.91 bits per heavy atom. The molecule has 1 aromatic carbocycles. The predicted octanol–water partition coefficient (Wildman–Crippen LogP) is 3.95. The van der Waals surface area contributed by atoms with Crippen molar-refractivity contribution in [3.63, 3.8) is 0 Å². The predicted molar refractivity (Wildman–Crippen MR) is 129 cm³/mol. The first-order chi connectivity index (χ1) is 17.0. The topological polar surface area (TPSA) is 84.9 Å². The van der Waals surface area contributed by atoms with Gasteiger partial charge in [-0.15, -0.1) is 0 Å². The van der Waals surface area contributed by atoms with Gasteiger partial charge in [0, 0.05) is 44.6 Å². The highest BCUT2D eigenvalue weighted by molar-refractivity contribution is 5.92. The Balaban J connectivity index is 1.30. The number of esters is 1. The third kappa shape index (κ3) is 6.20. The average molecular weight is 477 g/mol. The van der Waals surface area contributed by atoms with E-state index in [2.05, 4.69) is 14.9 Å². The molecule has 180 valence electrons. The molecule has 3 heterocycles. The summed E-state index contributed by atoms with van der Waals surface area (Å²) >= 11 is 0. The van der Waals surface area contributed by atoms with Crippen LogP contribution in [0.1, 0.15) is 22.8 Å². The van der Waals surface area contributed by atoms with Crippen LogP contribution in [0.25, 0.3) is 6.08 Å². The molecule has 0 bridgehead atoms. The quantitative estimate of drug-likeness (QED) is 0.377. The molecule has 1 aliphatic heterocycles. The molecule has 0 atom stereocenters. The van der Waals surface area contributed by atoms with Crippen molar-refractivity contribution in [2.45, 2.75) is 6.92 Å². The Labute approximate surface area is 202 Å². The lowest BCUT2D eigenvalue weighted by atomic mass is 10.2. The van der Waals surface area contributed by atoms with Crippen LogP contribution in [0, 0.1) is 5.82 Å². The Hall–Kier alpha value is -4.27. The summed E-state index contributed by atoms with van der Waals surface area (Å²) in [5, 5.41) is 0. The van der Waals surface area contributed by atoms with Gasteiger partial charge >= 0.3 is 5.97 Å². The molecular formula is C26H25FN4O4. The summed E-state index contributed by atoms with van der Waals surface area (Å²) in [7, 11) is 0. The van der Waals surface area contributed by atoms with Crippen molar-refractivity contribution in [3.05, 3.63) is 84.1 Å². The highest BCUT2D eigenvalue weighted by Gasteiger charge is 2.21. The third-order valence-corrected chi connectivity index (χ3v) is 5.41. The van der Waals surface area contributed by atoms with Gasteiger partial charge < -0.3 is 19.3 Å². The number of amides is 1. The largest absolute Gasteiger partial charge is 0.462 e. The molecule has 1 amide bonds. The lowest BCUT2D eigenvalue weighted by Gasteiger charge is -2.35. The SMILES string of the molecule is CCOC(=O)c1ccc(N2CCN(C(=O)/C=C/c3ccc(Oc4cccnc4)c(F)c3)CC2)nc1. The number of carbonyl (C=O) groups excluding carboxylic acids is 2. The summed E-state index contributed by atoms with van der Waals surface area (Å²) in [6.45, 7) is 4.34. The maximum atomic E-state index is 14.4. The van der Waals surface area contributed by atoms with Crippen molar-refractivity contribution < 1.29 is 23.5 Å². The van der Waals surface area contributed by atoms with Gasteiger partial charge in [-0.1, -0.05) is 6.07 Å². The number of halogens is 1. The molecule has 35 heavy (non-hydrogen) atoms. The first kappa shape index (κ1) is 23.9. The van der Waals surface area contributed by atoms with Gasteiger partial charge in [0.05, 0.1) is 18.4 Å². The maximum absolute atomic E-state index is 14.4. The summed E-state index contributed by atoms with van der Waals surface area (Å²) in [6.07, 6.45) is 7.63. The second-order valence-electron chi connectivity index (χ2n) is 7.75. The van der Waals surface area contributed by atoms with Gasteiger partial charge in [0.2, 0.25) is 5.91 Å². The van der Waals surface area contributed by atoms with Crippen LogP contribution >= 0.6 is 0 Å².